The summed E-state index contributed by atoms with van der Waals surface area (Å²) >= 11 is 0. The average molecular weight is 100 g/mol. The molecular weight excluding hydrogens is 90.1 g/mol. The van der Waals surface area contributed by atoms with Crippen LogP contribution in [0.15, 0.2) is 0 Å². The highest BCUT2D eigenvalue weighted by molar-refractivity contribution is 4.69. The zero-order valence-electron chi connectivity index (χ0n) is 4.55. The first-order valence-electron chi connectivity index (χ1n) is 2.63. The van der Waals surface area contributed by atoms with Crippen molar-refractivity contribution in [3.05, 3.63) is 0 Å². The Morgan fingerprint density at radius 3 is 2.57 bits per heavy atom. The molecule has 1 aliphatic rings. The lowest BCUT2D eigenvalue weighted by Crippen LogP contribution is -2.15. The quantitative estimate of drug-likeness (QED) is 0.424. The van der Waals surface area contributed by atoms with Crippen LogP contribution in [0.4, 0.5) is 0 Å². The molecule has 41 valence electrons. The molecule has 1 heterocycles. The molecule has 1 aliphatic heterocycles. The van der Waals surface area contributed by atoms with Gasteiger partial charge < -0.3 is 4.90 Å². The highest BCUT2D eigenvalue weighted by Crippen LogP contribution is 2.04. The molecule has 0 aliphatic carbocycles. The second-order valence-corrected chi connectivity index (χ2v) is 2.17. The van der Waals surface area contributed by atoms with Crippen molar-refractivity contribution in [2.24, 2.45) is 0 Å². The fourth-order valence-electron chi connectivity index (χ4n) is 0.895. The Hall–Kier alpha value is -0.0800. The first kappa shape index (κ1) is 5.06. The molecule has 0 unspecified atom stereocenters. The highest BCUT2D eigenvalue weighted by Gasteiger charge is 2.16. The van der Waals surface area contributed by atoms with Gasteiger partial charge in [-0.05, 0) is 13.5 Å². The molecule has 2 nitrogen and oxygen atoms in total. The monoisotopic (exact) mass is 100 g/mol. The second-order valence-electron chi connectivity index (χ2n) is 2.17. The van der Waals surface area contributed by atoms with Gasteiger partial charge in [0.15, 0.2) is 0 Å². The van der Waals surface area contributed by atoms with Crippen LogP contribution >= 0.6 is 0 Å². The molecule has 0 spiro atoms. The van der Waals surface area contributed by atoms with E-state index in [1.807, 2.05) is 7.05 Å². The summed E-state index contributed by atoms with van der Waals surface area (Å²) in [5.41, 5.74) is 0. The third kappa shape index (κ3) is 1.14. The first-order chi connectivity index (χ1) is 3.29. The molecule has 2 heteroatoms. The third-order valence-corrected chi connectivity index (χ3v) is 1.35. The molecule has 0 aromatic carbocycles. The number of likely N-dealkylation sites (tertiary alicyclic amines) is 1. The topological polar surface area (TPSA) is 23.1 Å². The summed E-state index contributed by atoms with van der Waals surface area (Å²) in [5, 5.41) is 10.5. The number of hydrogen-bond acceptors (Lipinski definition) is 1. The van der Waals surface area contributed by atoms with Crippen LogP contribution in [0.3, 0.4) is 0 Å². The Labute approximate surface area is 43.7 Å². The normalized spacial score (nSPS) is 34.3. The lowest BCUT2D eigenvalue weighted by atomic mass is 10.3. The molecule has 1 rings (SSSR count). The van der Waals surface area contributed by atoms with Gasteiger partial charge in [-0.25, -0.2) is 5.11 Å². The van der Waals surface area contributed by atoms with Crippen molar-refractivity contribution in [2.75, 3.05) is 20.1 Å². The SMILES string of the molecule is CN1CC[C@H]([O])C1. The van der Waals surface area contributed by atoms with E-state index in [1.165, 1.54) is 0 Å². The predicted octanol–water partition coefficient (Wildman–Crippen LogP) is 0.121. The van der Waals surface area contributed by atoms with E-state index >= 15 is 0 Å². The van der Waals surface area contributed by atoms with E-state index in [-0.39, 0.29) is 6.10 Å². The molecule has 0 bridgehead atoms. The lowest BCUT2D eigenvalue weighted by molar-refractivity contribution is 0.0980. The molecule has 0 aromatic heterocycles. The molecule has 0 saturated carbocycles. The van der Waals surface area contributed by atoms with Crippen LogP contribution in [0.25, 0.3) is 0 Å². The molecule has 7 heavy (non-hydrogen) atoms. The maximum Gasteiger partial charge on any atom is 0.107 e. The number of nitrogens with zero attached hydrogens (tertiary/aromatic N) is 1. The zero-order chi connectivity index (χ0) is 5.28. The van der Waals surface area contributed by atoms with Crippen molar-refractivity contribution in [2.45, 2.75) is 12.5 Å². The molecule has 0 aromatic rings. The van der Waals surface area contributed by atoms with Gasteiger partial charge >= 0.3 is 0 Å². The minimum atomic E-state index is -0.301. The number of rotatable bonds is 0. The third-order valence-electron chi connectivity index (χ3n) is 1.35. The van der Waals surface area contributed by atoms with Crippen LogP contribution in [0.2, 0.25) is 0 Å². The van der Waals surface area contributed by atoms with Gasteiger partial charge in [-0.3, -0.25) is 0 Å². The van der Waals surface area contributed by atoms with E-state index < -0.39 is 0 Å². The lowest BCUT2D eigenvalue weighted by Gasteiger charge is -2.01. The largest absolute Gasteiger partial charge is 0.304 e. The maximum atomic E-state index is 10.5. The van der Waals surface area contributed by atoms with Crippen molar-refractivity contribution >= 4 is 0 Å². The van der Waals surface area contributed by atoms with Gasteiger partial charge in [0.05, 0.1) is 0 Å². The van der Waals surface area contributed by atoms with Crippen LogP contribution in [-0.2, 0) is 5.11 Å². The average Bonchev–Trinajstić information content (AvgIpc) is 1.87. The predicted molar refractivity (Wildman–Crippen MR) is 26.6 cm³/mol. The molecular formula is C5H10NO. The van der Waals surface area contributed by atoms with Crippen molar-refractivity contribution in [1.29, 1.82) is 0 Å². The van der Waals surface area contributed by atoms with E-state index in [1.54, 1.807) is 0 Å². The zero-order valence-corrected chi connectivity index (χ0v) is 4.55. The summed E-state index contributed by atoms with van der Waals surface area (Å²) in [6.07, 6.45) is 0.543. The van der Waals surface area contributed by atoms with Gasteiger partial charge in [0, 0.05) is 13.1 Å². The van der Waals surface area contributed by atoms with Crippen molar-refractivity contribution in [1.82, 2.24) is 4.90 Å². The van der Waals surface area contributed by atoms with E-state index in [0.29, 0.717) is 0 Å². The van der Waals surface area contributed by atoms with E-state index in [4.69, 9.17) is 0 Å². The Morgan fingerprint density at radius 2 is 2.43 bits per heavy atom. The second kappa shape index (κ2) is 1.80. The van der Waals surface area contributed by atoms with Crippen molar-refractivity contribution in [3.63, 3.8) is 0 Å². The maximum absolute atomic E-state index is 10.5. The van der Waals surface area contributed by atoms with Crippen LogP contribution in [-0.4, -0.2) is 31.1 Å². The van der Waals surface area contributed by atoms with Crippen molar-refractivity contribution < 1.29 is 5.11 Å². The van der Waals surface area contributed by atoms with E-state index in [0.717, 1.165) is 19.5 Å². The van der Waals surface area contributed by atoms with Gasteiger partial charge in [-0.2, -0.15) is 0 Å². The number of hydrogen-bond donors (Lipinski definition) is 0. The minimum Gasteiger partial charge on any atom is -0.304 e. The van der Waals surface area contributed by atoms with Gasteiger partial charge in [-0.1, -0.05) is 0 Å². The summed E-state index contributed by atoms with van der Waals surface area (Å²) < 4.78 is 0. The molecule has 1 atom stereocenters. The first-order valence-corrected chi connectivity index (χ1v) is 2.63. The molecule has 1 saturated heterocycles. The molecule has 0 amide bonds. The summed E-state index contributed by atoms with van der Waals surface area (Å²) in [6, 6.07) is 0. The van der Waals surface area contributed by atoms with Crippen molar-refractivity contribution in [3.8, 4) is 0 Å². The molecule has 1 radical (unpaired) electrons. The fraction of sp³-hybridized carbons (Fsp3) is 1.00. The molecule has 1 fully saturated rings. The molecule has 0 N–H and O–H groups in total. The van der Waals surface area contributed by atoms with Gasteiger partial charge in [-0.15, -0.1) is 0 Å². The Balaban J connectivity index is 2.26. The highest BCUT2D eigenvalue weighted by atomic mass is 16.3. The summed E-state index contributed by atoms with van der Waals surface area (Å²) in [5.74, 6) is 0. The van der Waals surface area contributed by atoms with Gasteiger partial charge in [0.1, 0.15) is 6.10 Å². The Kier molecular flexibility index (Phi) is 1.30. The summed E-state index contributed by atoms with van der Waals surface area (Å²) in [7, 11) is 1.98. The smallest absolute Gasteiger partial charge is 0.107 e. The summed E-state index contributed by atoms with van der Waals surface area (Å²) in [6.45, 7) is 1.74. The fourth-order valence-corrected chi connectivity index (χ4v) is 0.895. The van der Waals surface area contributed by atoms with E-state index in [9.17, 15) is 5.11 Å². The summed E-state index contributed by atoms with van der Waals surface area (Å²) in [4.78, 5) is 2.07. The van der Waals surface area contributed by atoms with Crippen LogP contribution in [0.1, 0.15) is 6.42 Å². The minimum absolute atomic E-state index is 0.301. The van der Waals surface area contributed by atoms with E-state index in [2.05, 4.69) is 4.90 Å². The van der Waals surface area contributed by atoms with Crippen LogP contribution in [0, 0.1) is 0 Å². The Bertz CT molecular complexity index is 57.1. The Morgan fingerprint density at radius 1 is 1.71 bits per heavy atom. The standard InChI is InChI=1S/C5H10NO/c1-6-3-2-5(7)4-6/h5H,2-4H2,1H3/t5-/m0/s1. The van der Waals surface area contributed by atoms with Crippen LogP contribution in [0.5, 0.6) is 0 Å². The van der Waals surface area contributed by atoms with Crippen LogP contribution < -0.4 is 0 Å². The van der Waals surface area contributed by atoms with Gasteiger partial charge in [0.2, 0.25) is 0 Å². The van der Waals surface area contributed by atoms with Gasteiger partial charge in [0.25, 0.3) is 0 Å². The number of likely N-dealkylation sites (N-methyl/N-ethyl adjacent to an activating group) is 1.